The third-order valence-electron chi connectivity index (χ3n) is 3.58. The molecular weight excluding hydrogens is 238 g/mol. The molecule has 1 aliphatic rings. The number of nitrogens with one attached hydrogen (secondary N) is 1. The lowest BCUT2D eigenvalue weighted by Crippen LogP contribution is -2.22. The predicted octanol–water partition coefficient (Wildman–Crippen LogP) is 2.93. The van der Waals surface area contributed by atoms with E-state index in [2.05, 4.69) is 29.4 Å². The molecule has 1 aromatic heterocycles. The van der Waals surface area contributed by atoms with Gasteiger partial charge in [-0.15, -0.1) is 5.10 Å². The third kappa shape index (κ3) is 5.15. The highest BCUT2D eigenvalue weighted by atomic mass is 16.5. The maximum absolute atomic E-state index is 5.73. The first-order chi connectivity index (χ1) is 9.24. The van der Waals surface area contributed by atoms with E-state index in [0.29, 0.717) is 17.8 Å². The quantitative estimate of drug-likeness (QED) is 0.857. The number of hydrogen-bond donors (Lipinski definition) is 1. The lowest BCUT2D eigenvalue weighted by atomic mass is 9.90. The second kappa shape index (κ2) is 7.43. The summed E-state index contributed by atoms with van der Waals surface area (Å²) in [5.41, 5.74) is 0.957. The minimum absolute atomic E-state index is 0.462. The van der Waals surface area contributed by atoms with Crippen molar-refractivity contribution in [3.8, 4) is 5.88 Å². The van der Waals surface area contributed by atoms with Crippen LogP contribution in [0.3, 0.4) is 0 Å². The number of hydrogen-bond acceptors (Lipinski definition) is 4. The van der Waals surface area contributed by atoms with Gasteiger partial charge in [-0.3, -0.25) is 0 Å². The Hall–Kier alpha value is -1.16. The van der Waals surface area contributed by atoms with E-state index in [0.717, 1.165) is 18.8 Å². The smallest absolute Gasteiger partial charge is 0.233 e. The fourth-order valence-corrected chi connectivity index (χ4v) is 2.38. The van der Waals surface area contributed by atoms with E-state index in [1.165, 1.54) is 32.1 Å². The van der Waals surface area contributed by atoms with Crippen molar-refractivity contribution >= 4 is 0 Å². The zero-order chi connectivity index (χ0) is 13.5. The Morgan fingerprint density at radius 3 is 2.63 bits per heavy atom. The van der Waals surface area contributed by atoms with Crippen LogP contribution in [0.1, 0.15) is 51.6 Å². The summed E-state index contributed by atoms with van der Waals surface area (Å²) in [6.45, 7) is 5.79. The van der Waals surface area contributed by atoms with Crippen LogP contribution in [-0.4, -0.2) is 22.8 Å². The van der Waals surface area contributed by atoms with Crippen LogP contribution in [-0.2, 0) is 6.54 Å². The van der Waals surface area contributed by atoms with Crippen molar-refractivity contribution < 1.29 is 4.74 Å². The molecule has 1 heterocycles. The summed E-state index contributed by atoms with van der Waals surface area (Å²) in [4.78, 5) is 0. The second-order valence-corrected chi connectivity index (χ2v) is 5.71. The summed E-state index contributed by atoms with van der Waals surface area (Å²) in [6.07, 6.45) is 6.67. The first-order valence-corrected chi connectivity index (χ1v) is 7.43. The van der Waals surface area contributed by atoms with Gasteiger partial charge in [0.25, 0.3) is 0 Å². The Labute approximate surface area is 116 Å². The van der Waals surface area contributed by atoms with Crippen LogP contribution >= 0.6 is 0 Å². The Morgan fingerprint density at radius 2 is 2.00 bits per heavy atom. The molecule has 0 aliphatic heterocycles. The molecule has 0 atom stereocenters. The molecule has 0 aromatic carbocycles. The Balaban J connectivity index is 1.74. The van der Waals surface area contributed by atoms with Gasteiger partial charge in [-0.05, 0) is 24.8 Å². The summed E-state index contributed by atoms with van der Waals surface area (Å²) in [6, 6.07) is 4.37. The fraction of sp³-hybridized carbons (Fsp3) is 0.733. The number of rotatable bonds is 6. The highest BCUT2D eigenvalue weighted by Gasteiger charge is 2.14. The van der Waals surface area contributed by atoms with Crippen LogP contribution < -0.4 is 10.1 Å². The molecule has 106 valence electrons. The van der Waals surface area contributed by atoms with Gasteiger partial charge in [-0.25, -0.2) is 0 Å². The zero-order valence-electron chi connectivity index (χ0n) is 12.1. The largest absolute Gasteiger partial charge is 0.476 e. The van der Waals surface area contributed by atoms with Gasteiger partial charge in [0, 0.05) is 18.7 Å². The van der Waals surface area contributed by atoms with E-state index in [1.54, 1.807) is 0 Å². The average Bonchev–Trinajstić information content (AvgIpc) is 2.45. The van der Waals surface area contributed by atoms with E-state index in [-0.39, 0.29) is 0 Å². The van der Waals surface area contributed by atoms with Crippen LogP contribution in [0.5, 0.6) is 5.88 Å². The molecule has 0 unspecified atom stereocenters. The molecule has 0 radical (unpaired) electrons. The highest BCUT2D eigenvalue weighted by Crippen LogP contribution is 2.24. The molecule has 0 saturated heterocycles. The molecule has 0 bridgehead atoms. The maximum Gasteiger partial charge on any atom is 0.233 e. The van der Waals surface area contributed by atoms with E-state index >= 15 is 0 Å². The van der Waals surface area contributed by atoms with Crippen LogP contribution in [0, 0.1) is 5.92 Å². The van der Waals surface area contributed by atoms with E-state index in [9.17, 15) is 0 Å². The Bertz CT molecular complexity index is 358. The van der Waals surface area contributed by atoms with Crippen molar-refractivity contribution in [3.63, 3.8) is 0 Å². The molecule has 4 nitrogen and oxygen atoms in total. The normalized spacial score (nSPS) is 16.8. The van der Waals surface area contributed by atoms with Crippen molar-refractivity contribution in [2.24, 2.45) is 5.92 Å². The highest BCUT2D eigenvalue weighted by molar-refractivity contribution is 5.11. The average molecular weight is 263 g/mol. The minimum Gasteiger partial charge on any atom is -0.476 e. The van der Waals surface area contributed by atoms with E-state index in [1.807, 2.05) is 12.1 Å². The van der Waals surface area contributed by atoms with Crippen LogP contribution in [0.15, 0.2) is 12.1 Å². The van der Waals surface area contributed by atoms with Crippen molar-refractivity contribution in [2.75, 3.05) is 6.61 Å². The maximum atomic E-state index is 5.73. The van der Waals surface area contributed by atoms with Crippen molar-refractivity contribution in [3.05, 3.63) is 17.8 Å². The monoisotopic (exact) mass is 263 g/mol. The summed E-state index contributed by atoms with van der Waals surface area (Å²) in [5.74, 6) is 1.36. The van der Waals surface area contributed by atoms with Gasteiger partial charge in [-0.2, -0.15) is 5.10 Å². The summed E-state index contributed by atoms with van der Waals surface area (Å²) in [5, 5.41) is 11.6. The molecular formula is C15H25N3O. The summed E-state index contributed by atoms with van der Waals surface area (Å²) < 4.78 is 5.73. The Morgan fingerprint density at radius 1 is 1.21 bits per heavy atom. The van der Waals surface area contributed by atoms with Gasteiger partial charge in [0.15, 0.2) is 0 Å². The number of nitrogens with zero attached hydrogens (tertiary/aromatic N) is 2. The second-order valence-electron chi connectivity index (χ2n) is 5.71. The van der Waals surface area contributed by atoms with Crippen molar-refractivity contribution in [1.82, 2.24) is 15.5 Å². The molecule has 19 heavy (non-hydrogen) atoms. The first-order valence-electron chi connectivity index (χ1n) is 7.43. The molecule has 0 spiro atoms. The molecule has 2 rings (SSSR count). The number of ether oxygens (including phenoxy) is 1. The molecule has 0 amide bonds. The molecule has 1 aliphatic carbocycles. The molecule has 1 aromatic rings. The number of aromatic nitrogens is 2. The molecule has 1 N–H and O–H groups in total. The molecule has 1 saturated carbocycles. The van der Waals surface area contributed by atoms with Gasteiger partial charge < -0.3 is 10.1 Å². The Kier molecular flexibility index (Phi) is 5.58. The van der Waals surface area contributed by atoms with Crippen LogP contribution in [0.2, 0.25) is 0 Å². The standard InChI is InChI=1S/C15H25N3O/c1-12(2)16-10-14-8-9-15(18-17-14)19-11-13-6-4-3-5-7-13/h8-9,12-13,16H,3-7,10-11H2,1-2H3. The molecule has 4 heteroatoms. The summed E-state index contributed by atoms with van der Waals surface area (Å²) >= 11 is 0. The first kappa shape index (κ1) is 14.3. The van der Waals surface area contributed by atoms with Crippen molar-refractivity contribution in [2.45, 2.75) is 58.5 Å². The topological polar surface area (TPSA) is 47.0 Å². The lowest BCUT2D eigenvalue weighted by Gasteiger charge is -2.21. The van der Waals surface area contributed by atoms with Crippen LogP contribution in [0.4, 0.5) is 0 Å². The minimum atomic E-state index is 0.462. The van der Waals surface area contributed by atoms with Crippen molar-refractivity contribution in [1.29, 1.82) is 0 Å². The SMILES string of the molecule is CC(C)NCc1ccc(OCC2CCCCC2)nn1. The fourth-order valence-electron chi connectivity index (χ4n) is 2.38. The van der Waals surface area contributed by atoms with Gasteiger partial charge in [-0.1, -0.05) is 33.1 Å². The van der Waals surface area contributed by atoms with Gasteiger partial charge in [0.05, 0.1) is 12.3 Å². The van der Waals surface area contributed by atoms with Crippen LogP contribution in [0.25, 0.3) is 0 Å². The third-order valence-corrected chi connectivity index (χ3v) is 3.58. The van der Waals surface area contributed by atoms with Gasteiger partial charge >= 0.3 is 0 Å². The lowest BCUT2D eigenvalue weighted by molar-refractivity contribution is 0.201. The van der Waals surface area contributed by atoms with E-state index < -0.39 is 0 Å². The van der Waals surface area contributed by atoms with E-state index in [4.69, 9.17) is 4.74 Å². The summed E-state index contributed by atoms with van der Waals surface area (Å²) in [7, 11) is 0. The van der Waals surface area contributed by atoms with Gasteiger partial charge in [0.1, 0.15) is 0 Å². The molecule has 1 fully saturated rings. The van der Waals surface area contributed by atoms with Gasteiger partial charge in [0.2, 0.25) is 5.88 Å². The predicted molar refractivity (Wildman–Crippen MR) is 76.1 cm³/mol. The zero-order valence-corrected chi connectivity index (χ0v) is 12.1.